The van der Waals surface area contributed by atoms with E-state index in [4.69, 9.17) is 11.6 Å². The highest BCUT2D eigenvalue weighted by Gasteiger charge is 2.24. The molecule has 1 fully saturated rings. The third-order valence-electron chi connectivity index (χ3n) is 3.08. The van der Waals surface area contributed by atoms with E-state index in [1.54, 1.807) is 18.2 Å². The van der Waals surface area contributed by atoms with Crippen molar-refractivity contribution in [2.24, 2.45) is 0 Å². The molecule has 100 valence electrons. The predicted molar refractivity (Wildman–Crippen MR) is 76.7 cm³/mol. The minimum atomic E-state index is -3.45. The zero-order chi connectivity index (χ0) is 13.2. The molecule has 2 rings (SSSR count). The van der Waals surface area contributed by atoms with E-state index in [2.05, 4.69) is 20.7 Å². The molecule has 0 amide bonds. The van der Waals surface area contributed by atoms with Gasteiger partial charge in [0, 0.05) is 15.9 Å². The second-order valence-electron chi connectivity index (χ2n) is 4.53. The van der Waals surface area contributed by atoms with Gasteiger partial charge in [-0.05, 0) is 43.9 Å². The fourth-order valence-electron chi connectivity index (χ4n) is 2.09. The molecule has 0 bridgehead atoms. The Kier molecular flexibility index (Phi) is 4.69. The van der Waals surface area contributed by atoms with E-state index < -0.39 is 10.0 Å². The molecule has 0 saturated heterocycles. The van der Waals surface area contributed by atoms with Crippen LogP contribution in [0.5, 0.6) is 0 Å². The van der Waals surface area contributed by atoms with E-state index in [-0.39, 0.29) is 10.9 Å². The number of sulfonamides is 1. The molecule has 1 N–H and O–H groups in total. The zero-order valence-electron chi connectivity index (χ0n) is 9.77. The van der Waals surface area contributed by atoms with Gasteiger partial charge in [0.25, 0.3) is 0 Å². The van der Waals surface area contributed by atoms with Crippen LogP contribution in [0.2, 0.25) is 5.02 Å². The average molecular weight is 353 g/mol. The molecule has 0 spiro atoms. The molecule has 1 aliphatic carbocycles. The van der Waals surface area contributed by atoms with Crippen molar-refractivity contribution >= 4 is 37.6 Å². The maximum Gasteiger partial charge on any atom is 0.240 e. The van der Waals surface area contributed by atoms with Crippen molar-refractivity contribution in [2.75, 3.05) is 0 Å². The third-order valence-corrected chi connectivity index (χ3v) is 5.75. The Morgan fingerprint density at radius 3 is 2.50 bits per heavy atom. The lowest BCUT2D eigenvalue weighted by Gasteiger charge is -2.25. The highest BCUT2D eigenvalue weighted by Crippen LogP contribution is 2.25. The van der Waals surface area contributed by atoms with Crippen LogP contribution in [0.1, 0.15) is 25.7 Å². The van der Waals surface area contributed by atoms with Gasteiger partial charge in [-0.25, -0.2) is 13.1 Å². The molecule has 18 heavy (non-hydrogen) atoms. The van der Waals surface area contributed by atoms with Gasteiger partial charge >= 0.3 is 0 Å². The summed E-state index contributed by atoms with van der Waals surface area (Å²) in [5.41, 5.74) is 0. The second kappa shape index (κ2) is 5.90. The van der Waals surface area contributed by atoms with Crippen LogP contribution in [0.3, 0.4) is 0 Å². The standard InChI is InChI=1S/C12H15BrClNO2S/c13-9-4-6-11(7-5-9)15-18(16,17)12-3-1-2-10(14)8-12/h1-3,8-9,11,15H,4-7H2. The third kappa shape index (κ3) is 3.70. The maximum atomic E-state index is 12.2. The van der Waals surface area contributed by atoms with Crippen molar-refractivity contribution in [3.8, 4) is 0 Å². The Hall–Kier alpha value is -0.100. The number of hydrogen-bond donors (Lipinski definition) is 1. The average Bonchev–Trinajstić information content (AvgIpc) is 2.32. The molecular formula is C12H15BrClNO2S. The van der Waals surface area contributed by atoms with Gasteiger partial charge in [-0.15, -0.1) is 0 Å². The highest BCUT2D eigenvalue weighted by molar-refractivity contribution is 9.09. The van der Waals surface area contributed by atoms with Crippen LogP contribution in [0.15, 0.2) is 29.2 Å². The van der Waals surface area contributed by atoms with Gasteiger partial charge in [0.2, 0.25) is 10.0 Å². The van der Waals surface area contributed by atoms with E-state index in [9.17, 15) is 8.42 Å². The van der Waals surface area contributed by atoms with Crippen molar-refractivity contribution in [1.82, 2.24) is 4.72 Å². The molecule has 1 saturated carbocycles. The van der Waals surface area contributed by atoms with E-state index in [0.717, 1.165) is 25.7 Å². The second-order valence-corrected chi connectivity index (χ2v) is 7.97. The number of halogens is 2. The van der Waals surface area contributed by atoms with Gasteiger partial charge in [0.15, 0.2) is 0 Å². The first-order valence-electron chi connectivity index (χ1n) is 5.89. The van der Waals surface area contributed by atoms with Crippen molar-refractivity contribution in [3.63, 3.8) is 0 Å². The quantitative estimate of drug-likeness (QED) is 0.848. The first-order valence-corrected chi connectivity index (χ1v) is 8.67. The van der Waals surface area contributed by atoms with Crippen LogP contribution >= 0.6 is 27.5 Å². The summed E-state index contributed by atoms with van der Waals surface area (Å²) in [5, 5.41) is 0.432. The molecule has 0 aromatic heterocycles. The molecule has 0 radical (unpaired) electrons. The number of rotatable bonds is 3. The van der Waals surface area contributed by atoms with E-state index in [0.29, 0.717) is 9.85 Å². The maximum absolute atomic E-state index is 12.2. The lowest BCUT2D eigenvalue weighted by Crippen LogP contribution is -2.37. The number of nitrogens with one attached hydrogen (secondary N) is 1. The van der Waals surface area contributed by atoms with E-state index in [1.807, 2.05) is 0 Å². The van der Waals surface area contributed by atoms with Crippen LogP contribution in [-0.4, -0.2) is 19.3 Å². The van der Waals surface area contributed by atoms with Gasteiger partial charge in [0.05, 0.1) is 4.90 Å². The molecule has 0 unspecified atom stereocenters. The molecule has 1 aliphatic rings. The fourth-order valence-corrected chi connectivity index (χ4v) is 4.23. The molecule has 0 atom stereocenters. The lowest BCUT2D eigenvalue weighted by molar-refractivity contribution is 0.422. The Morgan fingerprint density at radius 1 is 1.22 bits per heavy atom. The highest BCUT2D eigenvalue weighted by atomic mass is 79.9. The minimum Gasteiger partial charge on any atom is -0.208 e. The monoisotopic (exact) mass is 351 g/mol. The Labute approximate surface area is 121 Å². The summed E-state index contributed by atoms with van der Waals surface area (Å²) in [5.74, 6) is 0. The SMILES string of the molecule is O=S(=O)(NC1CCC(Br)CC1)c1cccc(Cl)c1. The number of hydrogen-bond acceptors (Lipinski definition) is 2. The van der Waals surface area contributed by atoms with Gasteiger partial charge in [0.1, 0.15) is 0 Å². The molecule has 1 aromatic rings. The first kappa shape index (κ1) is 14.3. The summed E-state index contributed by atoms with van der Waals surface area (Å²) in [6, 6.07) is 6.37. The summed E-state index contributed by atoms with van der Waals surface area (Å²) in [4.78, 5) is 0.750. The van der Waals surface area contributed by atoms with Crippen molar-refractivity contribution in [2.45, 2.75) is 41.4 Å². The van der Waals surface area contributed by atoms with Crippen LogP contribution in [0.25, 0.3) is 0 Å². The van der Waals surface area contributed by atoms with Gasteiger partial charge in [-0.2, -0.15) is 0 Å². The molecule has 1 aromatic carbocycles. The molecule has 3 nitrogen and oxygen atoms in total. The summed E-state index contributed by atoms with van der Waals surface area (Å²) in [6.45, 7) is 0. The Bertz CT molecular complexity index is 513. The predicted octanol–water partition coefficient (Wildman–Crippen LogP) is 3.32. The van der Waals surface area contributed by atoms with Crippen molar-refractivity contribution < 1.29 is 8.42 Å². The van der Waals surface area contributed by atoms with Crippen molar-refractivity contribution in [1.29, 1.82) is 0 Å². The van der Waals surface area contributed by atoms with Gasteiger partial charge < -0.3 is 0 Å². The first-order chi connectivity index (χ1) is 8.47. The molecule has 6 heteroatoms. The summed E-state index contributed by atoms with van der Waals surface area (Å²) >= 11 is 9.37. The number of benzene rings is 1. The topological polar surface area (TPSA) is 46.2 Å². The van der Waals surface area contributed by atoms with Gasteiger partial charge in [-0.3, -0.25) is 0 Å². The smallest absolute Gasteiger partial charge is 0.208 e. The van der Waals surface area contributed by atoms with Crippen LogP contribution in [0.4, 0.5) is 0 Å². The minimum absolute atomic E-state index is 0.0304. The number of alkyl halides is 1. The molecular weight excluding hydrogens is 338 g/mol. The molecule has 0 heterocycles. The Balaban J connectivity index is 2.08. The van der Waals surface area contributed by atoms with Crippen LogP contribution in [-0.2, 0) is 10.0 Å². The summed E-state index contributed by atoms with van der Waals surface area (Å²) in [6.07, 6.45) is 3.75. The largest absolute Gasteiger partial charge is 0.240 e. The summed E-state index contributed by atoms with van der Waals surface area (Å²) < 4.78 is 27.1. The zero-order valence-corrected chi connectivity index (χ0v) is 12.9. The van der Waals surface area contributed by atoms with Crippen molar-refractivity contribution in [3.05, 3.63) is 29.3 Å². The van der Waals surface area contributed by atoms with Gasteiger partial charge in [-0.1, -0.05) is 33.6 Å². The normalized spacial score (nSPS) is 25.0. The molecule has 0 aliphatic heterocycles. The van der Waals surface area contributed by atoms with E-state index >= 15 is 0 Å². The van der Waals surface area contributed by atoms with E-state index in [1.165, 1.54) is 6.07 Å². The fraction of sp³-hybridized carbons (Fsp3) is 0.500. The summed E-state index contributed by atoms with van der Waals surface area (Å²) in [7, 11) is -3.45. The van der Waals surface area contributed by atoms with Crippen LogP contribution in [0, 0.1) is 0 Å². The Morgan fingerprint density at radius 2 is 1.89 bits per heavy atom. The lowest BCUT2D eigenvalue weighted by atomic mass is 9.96. The van der Waals surface area contributed by atoms with Crippen LogP contribution < -0.4 is 4.72 Å².